The first-order valence-corrected chi connectivity index (χ1v) is 3.76. The topological polar surface area (TPSA) is 26.3 Å². The monoisotopic (exact) mass is 122 g/mol. The number of esters is 1. The summed E-state index contributed by atoms with van der Waals surface area (Å²) in [5.74, 6) is -0.234. The van der Waals surface area contributed by atoms with Crippen molar-refractivity contribution in [2.75, 3.05) is 6.61 Å². The SMILES string of the molecule is CCOC(=O)/C=[CH]/[Na]. The van der Waals surface area contributed by atoms with Gasteiger partial charge in [-0.15, -0.1) is 0 Å². The summed E-state index contributed by atoms with van der Waals surface area (Å²) in [5.41, 5.74) is 0. The van der Waals surface area contributed by atoms with Crippen molar-refractivity contribution < 1.29 is 9.53 Å². The van der Waals surface area contributed by atoms with E-state index in [0.717, 1.165) is 27.9 Å². The Morgan fingerprint density at radius 1 is 1.88 bits per heavy atom. The molecule has 0 radical (unpaired) electrons. The summed E-state index contributed by atoms with van der Waals surface area (Å²) in [5, 5.41) is 0. The van der Waals surface area contributed by atoms with E-state index in [1.165, 1.54) is 6.08 Å². The third kappa shape index (κ3) is 4.37. The van der Waals surface area contributed by atoms with Crippen molar-refractivity contribution in [2.24, 2.45) is 0 Å². The predicted molar refractivity (Wildman–Crippen MR) is 31.5 cm³/mol. The van der Waals surface area contributed by atoms with Crippen LogP contribution in [0.3, 0.4) is 0 Å². The molecule has 0 aliphatic heterocycles. The van der Waals surface area contributed by atoms with Crippen molar-refractivity contribution in [1.29, 1.82) is 0 Å². The molecule has 0 atom stereocenters. The van der Waals surface area contributed by atoms with Crippen LogP contribution >= 0.6 is 0 Å². The van der Waals surface area contributed by atoms with Gasteiger partial charge < -0.3 is 0 Å². The van der Waals surface area contributed by atoms with Gasteiger partial charge in [0.2, 0.25) is 0 Å². The Hall–Kier alpha value is 0.210. The van der Waals surface area contributed by atoms with Crippen LogP contribution in [0, 0.1) is 0 Å². The number of rotatable bonds is 2. The first-order valence-electron chi connectivity index (χ1n) is 2.60. The Bertz CT molecular complexity index is 98.6. The Morgan fingerprint density at radius 2 is 2.50 bits per heavy atom. The normalized spacial score (nSPS) is 9.88. The zero-order chi connectivity index (χ0) is 6.41. The summed E-state index contributed by atoms with van der Waals surface area (Å²) in [4.78, 5) is 10.4. The molecular weight excluding hydrogens is 115 g/mol. The molecule has 0 N–H and O–H groups in total. The fourth-order valence-corrected chi connectivity index (χ4v) is 0.599. The van der Waals surface area contributed by atoms with Crippen LogP contribution in [0.5, 0.6) is 0 Å². The predicted octanol–water partition coefficient (Wildman–Crippen LogP) is 0.232. The number of hydrogen-bond acceptors (Lipinski definition) is 2. The summed E-state index contributed by atoms with van der Waals surface area (Å²) >= 11 is 0.913. The molecule has 0 rings (SSSR count). The molecule has 0 bridgehead atoms. The molecule has 0 aliphatic carbocycles. The summed E-state index contributed by atoms with van der Waals surface area (Å²) < 4.78 is 6.37. The van der Waals surface area contributed by atoms with Gasteiger partial charge in [0.15, 0.2) is 0 Å². The minimum atomic E-state index is -0.234. The molecule has 2 nitrogen and oxygen atoms in total. The Morgan fingerprint density at radius 3 is 2.88 bits per heavy atom. The van der Waals surface area contributed by atoms with E-state index in [4.69, 9.17) is 0 Å². The summed E-state index contributed by atoms with van der Waals surface area (Å²) in [6, 6.07) is 0. The Balaban J connectivity index is 3.33. The number of hydrogen-bond donors (Lipinski definition) is 0. The molecule has 0 aromatic rings. The molecule has 0 saturated carbocycles. The van der Waals surface area contributed by atoms with Crippen LogP contribution in [0.4, 0.5) is 0 Å². The van der Waals surface area contributed by atoms with Crippen LogP contribution in [0.25, 0.3) is 0 Å². The Labute approximate surface area is 66.3 Å². The summed E-state index contributed by atoms with van der Waals surface area (Å²) in [7, 11) is 0. The molecule has 0 amide bonds. The van der Waals surface area contributed by atoms with Crippen molar-refractivity contribution in [3.8, 4) is 0 Å². The van der Waals surface area contributed by atoms with E-state index in [0.29, 0.717) is 6.61 Å². The first kappa shape index (κ1) is 8.21. The number of carbonyl (C=O) groups is 1. The molecular formula is C5H7NaO2. The van der Waals surface area contributed by atoms with Gasteiger partial charge in [-0.2, -0.15) is 0 Å². The second-order valence-electron chi connectivity index (χ2n) is 1.25. The van der Waals surface area contributed by atoms with Crippen LogP contribution in [0.15, 0.2) is 9.40 Å². The van der Waals surface area contributed by atoms with E-state index in [2.05, 4.69) is 4.74 Å². The van der Waals surface area contributed by atoms with E-state index in [1.807, 2.05) is 0 Å². The second-order valence-corrected chi connectivity index (χ2v) is 1.92. The van der Waals surface area contributed by atoms with Gasteiger partial charge in [0.25, 0.3) is 0 Å². The molecule has 3 heteroatoms. The van der Waals surface area contributed by atoms with Gasteiger partial charge >= 0.3 is 66.4 Å². The molecule has 8 heavy (non-hydrogen) atoms. The van der Waals surface area contributed by atoms with E-state index >= 15 is 0 Å². The fourth-order valence-electron chi connectivity index (χ4n) is 0.326. The van der Waals surface area contributed by atoms with Crippen LogP contribution < -0.4 is 0 Å². The number of carbonyl (C=O) groups excluding carboxylic acids is 1. The maximum absolute atomic E-state index is 10.4. The molecule has 40 valence electrons. The van der Waals surface area contributed by atoms with Crippen LogP contribution in [0.1, 0.15) is 6.92 Å². The van der Waals surface area contributed by atoms with Crippen LogP contribution in [-0.2, 0) is 9.53 Å². The van der Waals surface area contributed by atoms with Gasteiger partial charge in [0.05, 0.1) is 0 Å². The van der Waals surface area contributed by atoms with E-state index in [9.17, 15) is 4.79 Å². The molecule has 0 aromatic heterocycles. The van der Waals surface area contributed by atoms with Gasteiger partial charge in [0.1, 0.15) is 0 Å². The third-order valence-electron chi connectivity index (χ3n) is 0.589. The van der Waals surface area contributed by atoms with E-state index in [1.54, 1.807) is 10.2 Å². The maximum atomic E-state index is 10.4. The van der Waals surface area contributed by atoms with Gasteiger partial charge in [0, 0.05) is 0 Å². The van der Waals surface area contributed by atoms with Crippen molar-refractivity contribution in [2.45, 2.75) is 6.92 Å². The average molecular weight is 122 g/mol. The second kappa shape index (κ2) is 5.35. The van der Waals surface area contributed by atoms with Crippen molar-refractivity contribution >= 4 is 33.9 Å². The average Bonchev–Trinajstić information content (AvgIpc) is 1.68. The Kier molecular flexibility index (Phi) is 5.49. The number of ether oxygens (including phenoxy) is 1. The van der Waals surface area contributed by atoms with Gasteiger partial charge in [-0.1, -0.05) is 0 Å². The standard InChI is InChI=1S/C5H7O2.Na/c1-3-5(6)7-4-2;/h1,3H,4H2,2H3;. The third-order valence-corrected chi connectivity index (χ3v) is 0.923. The van der Waals surface area contributed by atoms with Gasteiger partial charge in [-0.05, 0) is 0 Å². The molecule has 0 aliphatic rings. The zero-order valence-electron chi connectivity index (χ0n) is 5.18. The molecule has 0 fully saturated rings. The molecule has 0 saturated heterocycles. The minimum absolute atomic E-state index is 0.234. The van der Waals surface area contributed by atoms with Crippen LogP contribution in [-0.4, -0.2) is 40.5 Å². The molecule has 0 unspecified atom stereocenters. The molecule has 0 heterocycles. The van der Waals surface area contributed by atoms with E-state index in [-0.39, 0.29) is 5.97 Å². The van der Waals surface area contributed by atoms with Crippen molar-refractivity contribution in [3.63, 3.8) is 0 Å². The van der Waals surface area contributed by atoms with Crippen molar-refractivity contribution in [1.82, 2.24) is 0 Å². The fraction of sp³-hybridized carbons (Fsp3) is 0.400. The zero-order valence-corrected chi connectivity index (χ0v) is 7.18. The first-order chi connectivity index (χ1) is 3.81. The summed E-state index contributed by atoms with van der Waals surface area (Å²) in [6.45, 7) is 2.25. The quantitative estimate of drug-likeness (QED) is 0.298. The van der Waals surface area contributed by atoms with Gasteiger partial charge in [-0.3, -0.25) is 0 Å². The van der Waals surface area contributed by atoms with E-state index < -0.39 is 0 Å². The molecule has 0 spiro atoms. The van der Waals surface area contributed by atoms with Crippen LogP contribution in [0.2, 0.25) is 0 Å². The molecule has 0 aromatic carbocycles. The summed E-state index contributed by atoms with van der Waals surface area (Å²) in [6.07, 6.45) is 1.45. The van der Waals surface area contributed by atoms with Crippen molar-refractivity contribution in [3.05, 3.63) is 9.40 Å². The van der Waals surface area contributed by atoms with Gasteiger partial charge in [-0.25, -0.2) is 0 Å².